The van der Waals surface area contributed by atoms with E-state index in [1.807, 2.05) is 7.05 Å². The maximum atomic E-state index is 4.10. The second-order valence-corrected chi connectivity index (χ2v) is 3.56. The minimum absolute atomic E-state index is 0.0151. The van der Waals surface area contributed by atoms with E-state index in [4.69, 9.17) is 0 Å². The highest BCUT2D eigenvalue weighted by atomic mass is 15.4. The molecule has 0 radical (unpaired) electrons. The van der Waals surface area contributed by atoms with Crippen LogP contribution >= 0.6 is 0 Å². The molecule has 2 heterocycles. The molecule has 0 amide bonds. The van der Waals surface area contributed by atoms with E-state index in [1.165, 1.54) is 0 Å². The lowest BCUT2D eigenvalue weighted by atomic mass is 10.1. The van der Waals surface area contributed by atoms with Gasteiger partial charge in [0.15, 0.2) is 0 Å². The fraction of sp³-hybridized carbons (Fsp3) is 0.556. The number of H-pyrrole nitrogens is 1. The fourth-order valence-electron chi connectivity index (χ4n) is 1.56. The van der Waals surface area contributed by atoms with Crippen molar-refractivity contribution in [2.75, 3.05) is 6.54 Å². The molecule has 86 valence electrons. The first-order chi connectivity index (χ1) is 7.83. The Morgan fingerprint density at radius 3 is 2.94 bits per heavy atom. The Hall–Kier alpha value is -1.76. The molecular formula is C9H15N7. The summed E-state index contributed by atoms with van der Waals surface area (Å²) in [6.07, 6.45) is 4.50. The molecule has 0 saturated heterocycles. The average molecular weight is 221 g/mol. The van der Waals surface area contributed by atoms with Gasteiger partial charge in [0.25, 0.3) is 0 Å². The Kier molecular flexibility index (Phi) is 3.25. The van der Waals surface area contributed by atoms with Crippen LogP contribution in [0, 0.1) is 0 Å². The van der Waals surface area contributed by atoms with E-state index in [-0.39, 0.29) is 6.04 Å². The van der Waals surface area contributed by atoms with Crippen LogP contribution in [0.2, 0.25) is 0 Å². The molecular weight excluding hydrogens is 206 g/mol. The molecule has 7 nitrogen and oxygen atoms in total. The Labute approximate surface area is 93.2 Å². The summed E-state index contributed by atoms with van der Waals surface area (Å²) in [4.78, 5) is 0. The normalized spacial score (nSPS) is 12.9. The van der Waals surface area contributed by atoms with Crippen LogP contribution in [0.25, 0.3) is 0 Å². The fourth-order valence-corrected chi connectivity index (χ4v) is 1.56. The van der Waals surface area contributed by atoms with Gasteiger partial charge in [-0.25, -0.2) is 0 Å². The van der Waals surface area contributed by atoms with Gasteiger partial charge in [0, 0.05) is 7.05 Å². The molecule has 0 aromatic carbocycles. The highest BCUT2D eigenvalue weighted by molar-refractivity contribution is 5.16. The summed E-state index contributed by atoms with van der Waals surface area (Å²) in [5.41, 5.74) is 1.82. The van der Waals surface area contributed by atoms with E-state index in [2.05, 4.69) is 38.0 Å². The van der Waals surface area contributed by atoms with Gasteiger partial charge in [0.05, 0.1) is 24.1 Å². The van der Waals surface area contributed by atoms with Gasteiger partial charge in [-0.15, -0.1) is 5.10 Å². The Bertz CT molecular complexity index is 419. The number of aryl methyl sites for hydroxylation is 1. The van der Waals surface area contributed by atoms with E-state index >= 15 is 0 Å². The molecule has 16 heavy (non-hydrogen) atoms. The lowest BCUT2D eigenvalue weighted by Crippen LogP contribution is -2.25. The van der Waals surface area contributed by atoms with E-state index in [0.29, 0.717) is 0 Å². The molecule has 0 saturated carbocycles. The van der Waals surface area contributed by atoms with Crippen LogP contribution in [0.1, 0.15) is 30.8 Å². The van der Waals surface area contributed by atoms with Crippen LogP contribution in [-0.2, 0) is 7.05 Å². The van der Waals surface area contributed by atoms with Crippen LogP contribution in [0.5, 0.6) is 0 Å². The number of aromatic nitrogens is 6. The van der Waals surface area contributed by atoms with Gasteiger partial charge in [-0.05, 0) is 13.0 Å². The quantitative estimate of drug-likeness (QED) is 0.743. The summed E-state index contributed by atoms with van der Waals surface area (Å²) in [6.45, 7) is 3.02. The molecule has 0 spiro atoms. The third-order valence-electron chi connectivity index (χ3n) is 2.37. The van der Waals surface area contributed by atoms with Gasteiger partial charge < -0.3 is 5.32 Å². The molecule has 2 aromatic heterocycles. The molecule has 0 fully saturated rings. The van der Waals surface area contributed by atoms with Crippen LogP contribution in [0.15, 0.2) is 12.4 Å². The van der Waals surface area contributed by atoms with Gasteiger partial charge in [-0.2, -0.15) is 15.4 Å². The molecule has 1 unspecified atom stereocenters. The van der Waals surface area contributed by atoms with Crippen LogP contribution in [0.4, 0.5) is 0 Å². The summed E-state index contributed by atoms with van der Waals surface area (Å²) in [7, 11) is 1.86. The van der Waals surface area contributed by atoms with E-state index in [0.717, 1.165) is 24.4 Å². The van der Waals surface area contributed by atoms with Crippen molar-refractivity contribution in [2.45, 2.75) is 19.4 Å². The zero-order chi connectivity index (χ0) is 11.4. The average Bonchev–Trinajstić information content (AvgIpc) is 2.91. The van der Waals surface area contributed by atoms with Gasteiger partial charge in [0.1, 0.15) is 5.69 Å². The number of rotatable bonds is 5. The third-order valence-corrected chi connectivity index (χ3v) is 2.37. The van der Waals surface area contributed by atoms with Crippen molar-refractivity contribution in [1.29, 1.82) is 0 Å². The van der Waals surface area contributed by atoms with Gasteiger partial charge in [0.2, 0.25) is 0 Å². The zero-order valence-corrected chi connectivity index (χ0v) is 9.38. The molecule has 0 aliphatic carbocycles. The van der Waals surface area contributed by atoms with Crippen molar-refractivity contribution in [2.24, 2.45) is 7.05 Å². The van der Waals surface area contributed by atoms with Crippen molar-refractivity contribution in [3.8, 4) is 0 Å². The lowest BCUT2D eigenvalue weighted by Gasteiger charge is -2.15. The first-order valence-corrected chi connectivity index (χ1v) is 5.26. The molecule has 0 aliphatic rings. The highest BCUT2D eigenvalue weighted by Gasteiger charge is 2.19. The van der Waals surface area contributed by atoms with Gasteiger partial charge in [-0.3, -0.25) is 4.68 Å². The Balaban J connectivity index is 2.25. The SMILES string of the molecule is CCCNC(c1cn[nH]n1)c1cnnn1C. The van der Waals surface area contributed by atoms with E-state index in [1.54, 1.807) is 17.1 Å². The second kappa shape index (κ2) is 4.84. The number of nitrogens with zero attached hydrogens (tertiary/aromatic N) is 5. The first kappa shape index (κ1) is 10.7. The standard InChI is InChI=1S/C9H15N7/c1-3-4-10-9(7-5-11-14-13-7)8-6-12-15-16(8)2/h5-6,9-10H,3-4H2,1-2H3,(H,11,13,14). The largest absolute Gasteiger partial charge is 0.304 e. The third kappa shape index (κ3) is 2.08. The van der Waals surface area contributed by atoms with Crippen LogP contribution in [0.3, 0.4) is 0 Å². The zero-order valence-electron chi connectivity index (χ0n) is 9.38. The summed E-state index contributed by atoms with van der Waals surface area (Å²) in [6, 6.07) is -0.0151. The topological polar surface area (TPSA) is 84.3 Å². The predicted octanol–water partition coefficient (Wildman–Crippen LogP) is 0.0222. The van der Waals surface area contributed by atoms with Crippen molar-refractivity contribution >= 4 is 0 Å². The minimum Gasteiger partial charge on any atom is -0.304 e. The molecule has 7 heteroatoms. The van der Waals surface area contributed by atoms with Crippen molar-refractivity contribution in [3.63, 3.8) is 0 Å². The number of hydrogen-bond acceptors (Lipinski definition) is 5. The Morgan fingerprint density at radius 2 is 2.38 bits per heavy atom. The minimum atomic E-state index is -0.0151. The van der Waals surface area contributed by atoms with Crippen LogP contribution < -0.4 is 5.32 Å². The monoisotopic (exact) mass is 221 g/mol. The molecule has 2 rings (SSSR count). The summed E-state index contributed by atoms with van der Waals surface area (Å²) >= 11 is 0. The van der Waals surface area contributed by atoms with E-state index in [9.17, 15) is 0 Å². The maximum absolute atomic E-state index is 4.10. The van der Waals surface area contributed by atoms with Crippen LogP contribution in [-0.4, -0.2) is 36.9 Å². The molecule has 1 atom stereocenters. The highest BCUT2D eigenvalue weighted by Crippen LogP contribution is 2.17. The molecule has 0 bridgehead atoms. The number of nitrogens with one attached hydrogen (secondary N) is 2. The second-order valence-electron chi connectivity index (χ2n) is 3.56. The first-order valence-electron chi connectivity index (χ1n) is 5.26. The number of hydrogen-bond donors (Lipinski definition) is 2. The predicted molar refractivity (Wildman–Crippen MR) is 57.5 cm³/mol. The maximum Gasteiger partial charge on any atom is 0.106 e. The summed E-state index contributed by atoms with van der Waals surface area (Å²) in [5.74, 6) is 0. The molecule has 0 aliphatic heterocycles. The van der Waals surface area contributed by atoms with Gasteiger partial charge in [-0.1, -0.05) is 12.1 Å². The van der Waals surface area contributed by atoms with Crippen molar-refractivity contribution in [1.82, 2.24) is 35.7 Å². The Morgan fingerprint density at radius 1 is 1.50 bits per heavy atom. The van der Waals surface area contributed by atoms with E-state index < -0.39 is 0 Å². The number of aromatic amines is 1. The lowest BCUT2D eigenvalue weighted by molar-refractivity contribution is 0.540. The smallest absolute Gasteiger partial charge is 0.106 e. The van der Waals surface area contributed by atoms with Crippen molar-refractivity contribution in [3.05, 3.63) is 23.8 Å². The van der Waals surface area contributed by atoms with Gasteiger partial charge >= 0.3 is 0 Å². The molecule has 2 N–H and O–H groups in total. The molecule has 2 aromatic rings. The van der Waals surface area contributed by atoms with Crippen molar-refractivity contribution < 1.29 is 0 Å². The summed E-state index contributed by atoms with van der Waals surface area (Å²) in [5, 5.41) is 21.7. The summed E-state index contributed by atoms with van der Waals surface area (Å²) < 4.78 is 1.74.